The molecule has 7 atom stereocenters. The minimum atomic E-state index is -0.308. The van der Waals surface area contributed by atoms with Crippen LogP contribution in [0.2, 0.25) is 0 Å². The Morgan fingerprint density at radius 1 is 0.853 bits per heavy atom. The fraction of sp³-hybridized carbons (Fsp3) is 0.926. The summed E-state index contributed by atoms with van der Waals surface area (Å²) in [6, 6.07) is 0.445. The number of halogens is 1. The van der Waals surface area contributed by atoms with Crippen LogP contribution in [0.25, 0.3) is 0 Å². The molecule has 5 rings (SSSR count). The van der Waals surface area contributed by atoms with Crippen LogP contribution in [0.1, 0.15) is 83.5 Å². The van der Waals surface area contributed by atoms with E-state index in [-0.39, 0.29) is 23.4 Å². The molecule has 0 radical (unpaired) electrons. The van der Waals surface area contributed by atoms with Gasteiger partial charge in [-0.2, -0.15) is 0 Å². The summed E-state index contributed by atoms with van der Waals surface area (Å²) in [5.41, 5.74) is 0. The lowest BCUT2D eigenvalue weighted by atomic mass is 9.73. The maximum absolute atomic E-state index is 12.9. The number of hydrogen-bond acceptors (Lipinski definition) is 4. The van der Waals surface area contributed by atoms with E-state index in [4.69, 9.17) is 16.3 Å². The smallest absolute Gasteiger partial charge is 0.407 e. The molecular weight excluding hydrogens is 450 g/mol. The number of rotatable bonds is 6. The van der Waals surface area contributed by atoms with E-state index in [2.05, 4.69) is 16.0 Å². The van der Waals surface area contributed by atoms with Crippen LogP contribution in [0, 0.1) is 35.5 Å². The second-order valence-corrected chi connectivity index (χ2v) is 12.5. The molecule has 0 bridgehead atoms. The molecule has 4 aliphatic carbocycles. The van der Waals surface area contributed by atoms with Crippen LogP contribution >= 0.6 is 11.6 Å². The van der Waals surface area contributed by atoms with Gasteiger partial charge in [-0.3, -0.25) is 4.79 Å². The molecule has 5 fully saturated rings. The van der Waals surface area contributed by atoms with E-state index in [0.717, 1.165) is 82.6 Å². The van der Waals surface area contributed by atoms with Crippen molar-refractivity contribution in [1.29, 1.82) is 0 Å². The first-order valence-electron chi connectivity index (χ1n) is 14.1. The van der Waals surface area contributed by atoms with Crippen molar-refractivity contribution in [2.45, 2.75) is 101 Å². The van der Waals surface area contributed by atoms with E-state index in [9.17, 15) is 9.59 Å². The molecule has 7 unspecified atom stereocenters. The maximum Gasteiger partial charge on any atom is 0.407 e. The van der Waals surface area contributed by atoms with Crippen LogP contribution < -0.4 is 16.0 Å². The number of ether oxygens (including phenoxy) is 1. The van der Waals surface area contributed by atoms with Crippen molar-refractivity contribution in [3.8, 4) is 0 Å². The summed E-state index contributed by atoms with van der Waals surface area (Å²) in [5, 5.41) is 9.95. The van der Waals surface area contributed by atoms with Gasteiger partial charge in [0.2, 0.25) is 5.91 Å². The van der Waals surface area contributed by atoms with Gasteiger partial charge in [-0.05, 0) is 113 Å². The first-order valence-corrected chi connectivity index (χ1v) is 14.6. The Morgan fingerprint density at radius 3 is 2.47 bits per heavy atom. The van der Waals surface area contributed by atoms with Gasteiger partial charge in [-0.15, -0.1) is 11.6 Å². The molecule has 3 N–H and O–H groups in total. The number of alkyl halides is 1. The summed E-state index contributed by atoms with van der Waals surface area (Å²) < 4.78 is 5.55. The van der Waals surface area contributed by atoms with E-state index < -0.39 is 0 Å². The van der Waals surface area contributed by atoms with Crippen molar-refractivity contribution < 1.29 is 14.3 Å². The predicted molar refractivity (Wildman–Crippen MR) is 134 cm³/mol. The average Bonchev–Trinajstić information content (AvgIpc) is 3.66. The number of nitrogens with one attached hydrogen (secondary N) is 3. The summed E-state index contributed by atoms with van der Waals surface area (Å²) in [6.45, 7) is 2.81. The van der Waals surface area contributed by atoms with Gasteiger partial charge in [-0.1, -0.05) is 12.8 Å². The van der Waals surface area contributed by atoms with E-state index in [0.29, 0.717) is 36.3 Å². The summed E-state index contributed by atoms with van der Waals surface area (Å²) in [5.74, 6) is 3.89. The standard InChI is InChI=1S/C27H44ClN3O3/c28-24-3-1-2-4-25(24)31-27(33)34-16-17-5-7-18(8-6-17)22-14-23(22)26(32)30-21-10-9-20-15-29-12-11-19(20)13-21/h17-25,29H,1-16H2,(H,30,32)(H,31,33). The Bertz CT molecular complexity index is 713. The normalized spacial score (nSPS) is 42.2. The van der Waals surface area contributed by atoms with Gasteiger partial charge < -0.3 is 20.7 Å². The van der Waals surface area contributed by atoms with E-state index in [1.807, 2.05) is 0 Å². The quantitative estimate of drug-likeness (QED) is 0.472. The molecule has 1 saturated heterocycles. The van der Waals surface area contributed by atoms with Crippen LogP contribution in [0.5, 0.6) is 0 Å². The third kappa shape index (κ3) is 6.21. The van der Waals surface area contributed by atoms with E-state index in [1.165, 1.54) is 25.8 Å². The fourth-order valence-electron chi connectivity index (χ4n) is 7.42. The number of hydrogen-bond donors (Lipinski definition) is 3. The van der Waals surface area contributed by atoms with Gasteiger partial charge in [0.1, 0.15) is 0 Å². The molecule has 7 heteroatoms. The SMILES string of the molecule is O=C(NC1CCCCC1Cl)OCC1CCC(C2CC2C(=O)NC2CCC3CNCCC3C2)CC1. The van der Waals surface area contributed by atoms with Gasteiger partial charge >= 0.3 is 6.09 Å². The van der Waals surface area contributed by atoms with E-state index >= 15 is 0 Å². The molecule has 0 aromatic rings. The third-order valence-corrected chi connectivity index (χ3v) is 10.2. The van der Waals surface area contributed by atoms with Crippen molar-refractivity contribution >= 4 is 23.6 Å². The number of carbonyl (C=O) groups excluding carboxylic acids is 2. The molecule has 0 spiro atoms. The lowest BCUT2D eigenvalue weighted by Gasteiger charge is -2.39. The highest BCUT2D eigenvalue weighted by Gasteiger charge is 2.48. The zero-order valence-electron chi connectivity index (χ0n) is 20.6. The molecule has 5 aliphatic rings. The highest BCUT2D eigenvalue weighted by atomic mass is 35.5. The van der Waals surface area contributed by atoms with Crippen molar-refractivity contribution in [3.63, 3.8) is 0 Å². The maximum atomic E-state index is 12.9. The number of fused-ring (bicyclic) bond motifs is 1. The predicted octanol–water partition coefficient (Wildman–Crippen LogP) is 4.60. The lowest BCUT2D eigenvalue weighted by Crippen LogP contribution is -2.46. The Hall–Kier alpha value is -1.01. The number of alkyl carbamates (subject to hydrolysis) is 1. The van der Waals surface area contributed by atoms with Crippen molar-refractivity contribution in [2.75, 3.05) is 19.7 Å². The molecule has 34 heavy (non-hydrogen) atoms. The van der Waals surface area contributed by atoms with Gasteiger partial charge in [0.15, 0.2) is 0 Å². The largest absolute Gasteiger partial charge is 0.449 e. The Labute approximate surface area is 210 Å². The lowest BCUT2D eigenvalue weighted by molar-refractivity contribution is -0.124. The average molecular weight is 494 g/mol. The zero-order chi connectivity index (χ0) is 23.5. The Morgan fingerprint density at radius 2 is 1.65 bits per heavy atom. The van der Waals surface area contributed by atoms with Gasteiger partial charge in [0, 0.05) is 18.0 Å². The number of amides is 2. The minimum Gasteiger partial charge on any atom is -0.449 e. The number of piperidine rings is 1. The second-order valence-electron chi connectivity index (χ2n) is 12.0. The fourth-order valence-corrected chi connectivity index (χ4v) is 7.76. The Kier molecular flexibility index (Phi) is 8.25. The van der Waals surface area contributed by atoms with Crippen molar-refractivity contribution in [3.05, 3.63) is 0 Å². The monoisotopic (exact) mass is 493 g/mol. The van der Waals surface area contributed by atoms with Gasteiger partial charge in [0.05, 0.1) is 12.0 Å². The van der Waals surface area contributed by atoms with Crippen LogP contribution in [-0.4, -0.2) is 49.2 Å². The van der Waals surface area contributed by atoms with Gasteiger partial charge in [0.25, 0.3) is 0 Å². The first-order chi connectivity index (χ1) is 16.6. The zero-order valence-corrected chi connectivity index (χ0v) is 21.4. The Balaban J connectivity index is 0.970. The molecular formula is C27H44ClN3O3. The van der Waals surface area contributed by atoms with Crippen LogP contribution in [0.15, 0.2) is 0 Å². The van der Waals surface area contributed by atoms with Crippen molar-refractivity contribution in [1.82, 2.24) is 16.0 Å². The van der Waals surface area contributed by atoms with Crippen molar-refractivity contribution in [2.24, 2.45) is 35.5 Å². The molecule has 192 valence electrons. The van der Waals surface area contributed by atoms with E-state index in [1.54, 1.807) is 0 Å². The second kappa shape index (κ2) is 11.4. The summed E-state index contributed by atoms with van der Waals surface area (Å²) in [7, 11) is 0. The van der Waals surface area contributed by atoms with Crippen LogP contribution in [0.3, 0.4) is 0 Å². The minimum absolute atomic E-state index is 0.0278. The summed E-state index contributed by atoms with van der Waals surface area (Å²) in [6.07, 6.45) is 14.3. The summed E-state index contributed by atoms with van der Waals surface area (Å²) >= 11 is 6.34. The molecule has 1 heterocycles. The van der Waals surface area contributed by atoms with Crippen LogP contribution in [0.4, 0.5) is 4.79 Å². The topological polar surface area (TPSA) is 79.5 Å². The van der Waals surface area contributed by atoms with Gasteiger partial charge in [-0.25, -0.2) is 4.79 Å². The molecule has 2 amide bonds. The molecule has 0 aromatic carbocycles. The molecule has 0 aromatic heterocycles. The highest BCUT2D eigenvalue weighted by molar-refractivity contribution is 6.21. The molecule has 4 saturated carbocycles. The van der Waals surface area contributed by atoms with Crippen LogP contribution in [-0.2, 0) is 9.53 Å². The third-order valence-electron chi connectivity index (χ3n) is 9.69. The first kappa shape index (κ1) is 24.7. The number of carbonyl (C=O) groups is 2. The molecule has 6 nitrogen and oxygen atoms in total. The summed E-state index contributed by atoms with van der Waals surface area (Å²) in [4.78, 5) is 25.1. The molecule has 1 aliphatic heterocycles. The highest BCUT2D eigenvalue weighted by Crippen LogP contribution is 2.50.